The summed E-state index contributed by atoms with van der Waals surface area (Å²) in [4.78, 5) is 8.98. The largest absolute Gasteiger partial charge is 0.370 e. The molecule has 1 aromatic heterocycles. The molecular formula is C13H24N4O. The number of hydrogen-bond acceptors (Lipinski definition) is 5. The van der Waals surface area contributed by atoms with Crippen LogP contribution in [0.3, 0.4) is 0 Å². The molecule has 0 bridgehead atoms. The Morgan fingerprint density at radius 1 is 1.33 bits per heavy atom. The Labute approximate surface area is 109 Å². The molecular weight excluding hydrogens is 228 g/mol. The van der Waals surface area contributed by atoms with Crippen LogP contribution in [-0.4, -0.2) is 16.6 Å². The maximum absolute atomic E-state index is 5.73. The zero-order chi connectivity index (χ0) is 13.5. The lowest BCUT2D eigenvalue weighted by atomic mass is 10.1. The summed E-state index contributed by atoms with van der Waals surface area (Å²) in [6.07, 6.45) is 1.88. The molecule has 0 fully saturated rings. The predicted molar refractivity (Wildman–Crippen MR) is 73.0 cm³/mol. The van der Waals surface area contributed by atoms with E-state index in [-0.39, 0.29) is 6.10 Å². The lowest BCUT2D eigenvalue weighted by molar-refractivity contribution is 0.0231. The van der Waals surface area contributed by atoms with Gasteiger partial charge in [0.05, 0.1) is 0 Å². The van der Waals surface area contributed by atoms with Crippen LogP contribution >= 0.6 is 0 Å². The monoisotopic (exact) mass is 252 g/mol. The van der Waals surface area contributed by atoms with Gasteiger partial charge in [-0.25, -0.2) is 15.8 Å². The van der Waals surface area contributed by atoms with Gasteiger partial charge in [-0.05, 0) is 19.3 Å². The van der Waals surface area contributed by atoms with Gasteiger partial charge in [0, 0.05) is 18.4 Å². The topological polar surface area (TPSA) is 73.1 Å². The van der Waals surface area contributed by atoms with Crippen LogP contribution in [0.1, 0.15) is 51.7 Å². The van der Waals surface area contributed by atoms with Gasteiger partial charge in [-0.3, -0.25) is 0 Å². The van der Waals surface area contributed by atoms with E-state index in [2.05, 4.69) is 36.2 Å². The van der Waals surface area contributed by atoms with Gasteiger partial charge in [0.15, 0.2) is 5.82 Å². The molecule has 5 nitrogen and oxygen atoms in total. The molecule has 1 aromatic rings. The lowest BCUT2D eigenvalue weighted by Crippen LogP contribution is -2.18. The SMILES string of the molecule is CCCc1cc(NN)nc(C(OCC)C(C)C)n1. The molecule has 1 rings (SSSR count). The fourth-order valence-electron chi connectivity index (χ4n) is 1.85. The summed E-state index contributed by atoms with van der Waals surface area (Å²) in [6.45, 7) is 8.96. The number of anilines is 1. The first-order valence-corrected chi connectivity index (χ1v) is 6.58. The Balaban J connectivity index is 3.07. The van der Waals surface area contributed by atoms with Crippen molar-refractivity contribution in [2.24, 2.45) is 11.8 Å². The third kappa shape index (κ3) is 3.92. The summed E-state index contributed by atoms with van der Waals surface area (Å²) in [5, 5.41) is 0. The van der Waals surface area contributed by atoms with Crippen molar-refractivity contribution in [1.82, 2.24) is 9.97 Å². The minimum atomic E-state index is -0.0843. The Hall–Kier alpha value is -1.20. The molecule has 0 amide bonds. The molecule has 1 heterocycles. The minimum absolute atomic E-state index is 0.0843. The second-order valence-corrected chi connectivity index (χ2v) is 4.62. The third-order valence-corrected chi connectivity index (χ3v) is 2.66. The molecule has 0 aliphatic carbocycles. The Bertz CT molecular complexity index is 368. The van der Waals surface area contributed by atoms with Crippen LogP contribution in [0.5, 0.6) is 0 Å². The standard InChI is InChI=1S/C13H24N4O/c1-5-7-10-8-11(17-14)16-13(15-10)12(9(3)4)18-6-2/h8-9,12H,5-7,14H2,1-4H3,(H,15,16,17). The number of nitrogens with one attached hydrogen (secondary N) is 1. The number of hydrogen-bond donors (Lipinski definition) is 2. The van der Waals surface area contributed by atoms with Gasteiger partial charge in [0.1, 0.15) is 11.9 Å². The fourth-order valence-corrected chi connectivity index (χ4v) is 1.85. The summed E-state index contributed by atoms with van der Waals surface area (Å²) in [6, 6.07) is 1.89. The molecule has 0 saturated carbocycles. The van der Waals surface area contributed by atoms with Gasteiger partial charge in [-0.2, -0.15) is 0 Å². The molecule has 5 heteroatoms. The first-order chi connectivity index (χ1) is 8.62. The van der Waals surface area contributed by atoms with Gasteiger partial charge in [0.2, 0.25) is 0 Å². The van der Waals surface area contributed by atoms with Crippen LogP contribution in [0.15, 0.2) is 6.07 Å². The van der Waals surface area contributed by atoms with Crippen LogP contribution in [0.2, 0.25) is 0 Å². The van der Waals surface area contributed by atoms with E-state index >= 15 is 0 Å². The summed E-state index contributed by atoms with van der Waals surface area (Å²) in [5.74, 6) is 7.14. The summed E-state index contributed by atoms with van der Waals surface area (Å²) in [5.41, 5.74) is 3.60. The average Bonchev–Trinajstić information content (AvgIpc) is 2.35. The van der Waals surface area contributed by atoms with Crippen molar-refractivity contribution in [2.75, 3.05) is 12.0 Å². The van der Waals surface area contributed by atoms with E-state index in [9.17, 15) is 0 Å². The highest BCUT2D eigenvalue weighted by Crippen LogP contribution is 2.24. The highest BCUT2D eigenvalue weighted by molar-refractivity contribution is 5.34. The van der Waals surface area contributed by atoms with Crippen LogP contribution in [0.25, 0.3) is 0 Å². The zero-order valence-electron chi connectivity index (χ0n) is 11.7. The normalized spacial score (nSPS) is 12.8. The van der Waals surface area contributed by atoms with Gasteiger partial charge in [-0.15, -0.1) is 0 Å². The van der Waals surface area contributed by atoms with Crippen molar-refractivity contribution >= 4 is 5.82 Å². The number of aryl methyl sites for hydroxylation is 1. The Kier molecular flexibility index (Phi) is 6.01. The molecule has 3 N–H and O–H groups in total. The molecule has 0 aromatic carbocycles. The van der Waals surface area contributed by atoms with E-state index in [1.54, 1.807) is 0 Å². The van der Waals surface area contributed by atoms with Crippen LogP contribution in [0, 0.1) is 5.92 Å². The smallest absolute Gasteiger partial charge is 0.160 e. The molecule has 102 valence electrons. The Morgan fingerprint density at radius 2 is 2.06 bits per heavy atom. The minimum Gasteiger partial charge on any atom is -0.370 e. The highest BCUT2D eigenvalue weighted by Gasteiger charge is 2.20. The first-order valence-electron chi connectivity index (χ1n) is 6.58. The first kappa shape index (κ1) is 14.9. The summed E-state index contributed by atoms with van der Waals surface area (Å²) < 4.78 is 5.73. The number of nitrogens with two attached hydrogens (primary N) is 1. The van der Waals surface area contributed by atoms with Crippen LogP contribution in [-0.2, 0) is 11.2 Å². The highest BCUT2D eigenvalue weighted by atomic mass is 16.5. The lowest BCUT2D eigenvalue weighted by Gasteiger charge is -2.20. The number of nitrogen functional groups attached to an aromatic ring is 1. The van der Waals surface area contributed by atoms with E-state index in [1.807, 2.05) is 13.0 Å². The van der Waals surface area contributed by atoms with Crippen molar-refractivity contribution in [3.8, 4) is 0 Å². The van der Waals surface area contributed by atoms with Crippen molar-refractivity contribution in [3.05, 3.63) is 17.6 Å². The van der Waals surface area contributed by atoms with Crippen LogP contribution < -0.4 is 11.3 Å². The van der Waals surface area contributed by atoms with Gasteiger partial charge >= 0.3 is 0 Å². The van der Waals surface area contributed by atoms with Crippen molar-refractivity contribution < 1.29 is 4.74 Å². The molecule has 0 aliphatic heterocycles. The molecule has 0 aliphatic rings. The van der Waals surface area contributed by atoms with E-state index in [1.165, 1.54) is 0 Å². The zero-order valence-corrected chi connectivity index (χ0v) is 11.7. The molecule has 18 heavy (non-hydrogen) atoms. The number of hydrazine groups is 1. The predicted octanol–water partition coefficient (Wildman–Crippen LogP) is 2.45. The van der Waals surface area contributed by atoms with Gasteiger partial charge in [-0.1, -0.05) is 27.2 Å². The van der Waals surface area contributed by atoms with Crippen molar-refractivity contribution in [1.29, 1.82) is 0 Å². The maximum Gasteiger partial charge on any atom is 0.160 e. The molecule has 1 atom stereocenters. The summed E-state index contributed by atoms with van der Waals surface area (Å²) >= 11 is 0. The second kappa shape index (κ2) is 7.28. The second-order valence-electron chi connectivity index (χ2n) is 4.62. The number of aromatic nitrogens is 2. The van der Waals surface area contributed by atoms with Gasteiger partial charge in [0.25, 0.3) is 0 Å². The van der Waals surface area contributed by atoms with Crippen molar-refractivity contribution in [3.63, 3.8) is 0 Å². The molecule has 0 radical (unpaired) electrons. The van der Waals surface area contributed by atoms with Crippen molar-refractivity contribution in [2.45, 2.75) is 46.6 Å². The van der Waals surface area contributed by atoms with E-state index in [4.69, 9.17) is 10.6 Å². The quantitative estimate of drug-likeness (QED) is 0.576. The maximum atomic E-state index is 5.73. The van der Waals surface area contributed by atoms with E-state index in [0.717, 1.165) is 18.5 Å². The summed E-state index contributed by atoms with van der Waals surface area (Å²) in [7, 11) is 0. The van der Waals surface area contributed by atoms with Crippen LogP contribution in [0.4, 0.5) is 5.82 Å². The Morgan fingerprint density at radius 3 is 2.56 bits per heavy atom. The molecule has 1 unspecified atom stereocenters. The number of nitrogens with zero attached hydrogens (tertiary/aromatic N) is 2. The number of rotatable bonds is 7. The number of ether oxygens (including phenoxy) is 1. The fraction of sp³-hybridized carbons (Fsp3) is 0.692. The third-order valence-electron chi connectivity index (χ3n) is 2.66. The van der Waals surface area contributed by atoms with E-state index in [0.29, 0.717) is 24.2 Å². The average molecular weight is 252 g/mol. The molecule has 0 spiro atoms. The molecule has 0 saturated heterocycles. The van der Waals surface area contributed by atoms with Gasteiger partial charge < -0.3 is 10.2 Å². The van der Waals surface area contributed by atoms with E-state index < -0.39 is 0 Å².